The number of carbonyl (C=O) groups excluding carboxylic acids is 1. The molecule has 0 radical (unpaired) electrons. The minimum atomic E-state index is -0.599. The number of rotatable bonds is 0. The fourth-order valence-electron chi connectivity index (χ4n) is 1.89. The Labute approximate surface area is 93.5 Å². The van der Waals surface area contributed by atoms with Gasteiger partial charge in [-0.25, -0.2) is 0 Å². The van der Waals surface area contributed by atoms with Crippen molar-refractivity contribution in [3.05, 3.63) is 17.2 Å². The number of ketones is 1. The van der Waals surface area contributed by atoms with Crippen molar-refractivity contribution in [3.63, 3.8) is 0 Å². The first-order valence-electron chi connectivity index (χ1n) is 5.09. The maximum atomic E-state index is 11.9. The van der Waals surface area contributed by atoms with Gasteiger partial charge in [-0.05, 0) is 20.8 Å². The van der Waals surface area contributed by atoms with Crippen molar-refractivity contribution in [3.8, 4) is 17.2 Å². The van der Waals surface area contributed by atoms with E-state index in [4.69, 9.17) is 4.74 Å². The number of Topliss-reactive ketones (excluding diaryl/α,β-unsaturated/α-hetero) is 1. The van der Waals surface area contributed by atoms with Gasteiger partial charge < -0.3 is 14.9 Å². The molecule has 0 saturated carbocycles. The normalized spacial score (nSPS) is 17.8. The Morgan fingerprint density at radius 1 is 1.38 bits per heavy atom. The summed E-state index contributed by atoms with van der Waals surface area (Å²) in [5.74, 6) is -0.161. The molecule has 0 spiro atoms. The summed E-state index contributed by atoms with van der Waals surface area (Å²) < 4.78 is 5.57. The highest BCUT2D eigenvalue weighted by atomic mass is 16.5. The third-order valence-electron chi connectivity index (χ3n) is 2.74. The Bertz CT molecular complexity index is 474. The van der Waals surface area contributed by atoms with Gasteiger partial charge in [0, 0.05) is 11.6 Å². The van der Waals surface area contributed by atoms with Crippen LogP contribution < -0.4 is 4.74 Å². The first-order chi connectivity index (χ1) is 7.32. The summed E-state index contributed by atoms with van der Waals surface area (Å²) in [6, 6.07) is 1.38. The average molecular weight is 222 g/mol. The molecule has 2 N–H and O–H groups in total. The van der Waals surface area contributed by atoms with E-state index < -0.39 is 5.60 Å². The Hall–Kier alpha value is -1.71. The molecule has 0 atom stereocenters. The fraction of sp³-hybridized carbons (Fsp3) is 0.417. The SMILES string of the molecule is Cc1c(O)cc2c(c1O)C(=O)CC(C)(C)O2. The smallest absolute Gasteiger partial charge is 0.174 e. The van der Waals surface area contributed by atoms with E-state index in [9.17, 15) is 15.0 Å². The first-order valence-corrected chi connectivity index (χ1v) is 5.09. The molecule has 4 heteroatoms. The quantitative estimate of drug-likeness (QED) is 0.705. The lowest BCUT2D eigenvalue weighted by Crippen LogP contribution is -2.35. The van der Waals surface area contributed by atoms with E-state index in [2.05, 4.69) is 0 Å². The Morgan fingerprint density at radius 2 is 2.00 bits per heavy atom. The molecule has 0 saturated heterocycles. The van der Waals surface area contributed by atoms with Crippen molar-refractivity contribution >= 4 is 5.78 Å². The number of benzene rings is 1. The zero-order chi connectivity index (χ0) is 12.1. The highest BCUT2D eigenvalue weighted by Crippen LogP contribution is 2.43. The number of fused-ring (bicyclic) bond motifs is 1. The fourth-order valence-corrected chi connectivity index (χ4v) is 1.89. The van der Waals surface area contributed by atoms with E-state index >= 15 is 0 Å². The van der Waals surface area contributed by atoms with Crippen molar-refractivity contribution in [2.45, 2.75) is 32.8 Å². The Balaban J connectivity index is 2.66. The molecule has 4 nitrogen and oxygen atoms in total. The van der Waals surface area contributed by atoms with Gasteiger partial charge in [0.05, 0.1) is 6.42 Å². The van der Waals surface area contributed by atoms with Crippen LogP contribution in [0.4, 0.5) is 0 Å². The van der Waals surface area contributed by atoms with Gasteiger partial charge in [-0.2, -0.15) is 0 Å². The topological polar surface area (TPSA) is 66.8 Å². The second-order valence-electron chi connectivity index (χ2n) is 4.70. The monoisotopic (exact) mass is 222 g/mol. The van der Waals surface area contributed by atoms with Crippen LogP contribution in [0, 0.1) is 6.92 Å². The molecule has 0 aliphatic carbocycles. The second-order valence-corrected chi connectivity index (χ2v) is 4.70. The summed E-state index contributed by atoms with van der Waals surface area (Å²) in [4.78, 5) is 11.9. The maximum absolute atomic E-state index is 11.9. The largest absolute Gasteiger partial charge is 0.507 e. The summed E-state index contributed by atoms with van der Waals surface area (Å²) in [6.45, 7) is 5.14. The van der Waals surface area contributed by atoms with Crippen LogP contribution in [0.25, 0.3) is 0 Å². The highest BCUT2D eigenvalue weighted by Gasteiger charge is 2.35. The lowest BCUT2D eigenvalue weighted by atomic mass is 9.91. The van der Waals surface area contributed by atoms with Crippen LogP contribution in [0.5, 0.6) is 17.2 Å². The molecule has 0 bridgehead atoms. The molecule has 0 fully saturated rings. The van der Waals surface area contributed by atoms with Crippen molar-refractivity contribution < 1.29 is 19.7 Å². The summed E-state index contributed by atoms with van der Waals surface area (Å²) >= 11 is 0. The van der Waals surface area contributed by atoms with Crippen molar-refractivity contribution in [1.82, 2.24) is 0 Å². The molecular weight excluding hydrogens is 208 g/mol. The minimum absolute atomic E-state index is 0.0678. The lowest BCUT2D eigenvalue weighted by Gasteiger charge is -2.32. The lowest BCUT2D eigenvalue weighted by molar-refractivity contribution is 0.0612. The first kappa shape index (κ1) is 10.8. The number of carbonyl (C=O) groups is 1. The number of ether oxygens (including phenoxy) is 1. The minimum Gasteiger partial charge on any atom is -0.507 e. The zero-order valence-corrected chi connectivity index (χ0v) is 9.50. The Morgan fingerprint density at radius 3 is 2.62 bits per heavy atom. The molecule has 1 aliphatic heterocycles. The third-order valence-corrected chi connectivity index (χ3v) is 2.74. The molecule has 0 amide bonds. The van der Waals surface area contributed by atoms with E-state index in [1.165, 1.54) is 6.07 Å². The van der Waals surface area contributed by atoms with Gasteiger partial charge in [0.25, 0.3) is 0 Å². The van der Waals surface area contributed by atoms with Gasteiger partial charge in [0.1, 0.15) is 28.4 Å². The number of aromatic hydroxyl groups is 2. The molecule has 0 unspecified atom stereocenters. The standard InChI is InChI=1S/C12H14O4/c1-6-7(13)4-9-10(11(6)15)8(14)5-12(2,3)16-9/h4,13,15H,5H2,1-3H3. The van der Waals surface area contributed by atoms with Crippen LogP contribution in [0.15, 0.2) is 6.07 Å². The molecule has 1 aromatic carbocycles. The van der Waals surface area contributed by atoms with Crippen molar-refractivity contribution in [1.29, 1.82) is 0 Å². The van der Waals surface area contributed by atoms with E-state index in [1.807, 2.05) is 0 Å². The molecule has 1 aromatic rings. The molecule has 1 aliphatic rings. The van der Waals surface area contributed by atoms with Gasteiger partial charge in [0.15, 0.2) is 5.78 Å². The van der Waals surface area contributed by atoms with Crippen LogP contribution >= 0.6 is 0 Å². The van der Waals surface area contributed by atoms with Gasteiger partial charge in [-0.1, -0.05) is 0 Å². The van der Waals surface area contributed by atoms with E-state index in [0.29, 0.717) is 5.56 Å². The van der Waals surface area contributed by atoms with Crippen LogP contribution in [-0.4, -0.2) is 21.6 Å². The van der Waals surface area contributed by atoms with Gasteiger partial charge in [0.2, 0.25) is 0 Å². The molecule has 2 rings (SSSR count). The number of phenolic OH excluding ortho intramolecular Hbond substituents is 2. The molecule has 86 valence electrons. The average Bonchev–Trinajstić information content (AvgIpc) is 2.11. The van der Waals surface area contributed by atoms with E-state index in [1.54, 1.807) is 20.8 Å². The van der Waals surface area contributed by atoms with Crippen molar-refractivity contribution in [2.75, 3.05) is 0 Å². The summed E-state index contributed by atoms with van der Waals surface area (Å²) in [6.07, 6.45) is 0.220. The van der Waals surface area contributed by atoms with Crippen LogP contribution in [-0.2, 0) is 0 Å². The zero-order valence-electron chi connectivity index (χ0n) is 9.50. The molecular formula is C12H14O4. The number of phenols is 2. The predicted octanol–water partition coefficient (Wildman–Crippen LogP) is 2.15. The number of hydrogen-bond acceptors (Lipinski definition) is 4. The molecule has 16 heavy (non-hydrogen) atoms. The predicted molar refractivity (Wildman–Crippen MR) is 58.2 cm³/mol. The van der Waals surface area contributed by atoms with Crippen molar-refractivity contribution in [2.24, 2.45) is 0 Å². The second kappa shape index (κ2) is 3.14. The number of hydrogen-bond donors (Lipinski definition) is 2. The molecule has 0 aromatic heterocycles. The Kier molecular flexibility index (Phi) is 2.12. The maximum Gasteiger partial charge on any atom is 0.174 e. The van der Waals surface area contributed by atoms with Crippen LogP contribution in [0.1, 0.15) is 36.2 Å². The van der Waals surface area contributed by atoms with Crippen LogP contribution in [0.2, 0.25) is 0 Å². The summed E-state index contributed by atoms with van der Waals surface area (Å²) in [5.41, 5.74) is -0.122. The highest BCUT2D eigenvalue weighted by molar-refractivity contribution is 6.03. The van der Waals surface area contributed by atoms with Crippen LogP contribution in [0.3, 0.4) is 0 Å². The van der Waals surface area contributed by atoms with E-state index in [0.717, 1.165) is 0 Å². The van der Waals surface area contributed by atoms with Gasteiger partial charge in [-0.15, -0.1) is 0 Å². The van der Waals surface area contributed by atoms with E-state index in [-0.39, 0.29) is 35.0 Å². The van der Waals surface area contributed by atoms with Gasteiger partial charge in [-0.3, -0.25) is 4.79 Å². The summed E-state index contributed by atoms with van der Waals surface area (Å²) in [5, 5.41) is 19.4. The molecule has 1 heterocycles. The van der Waals surface area contributed by atoms with Gasteiger partial charge >= 0.3 is 0 Å². The third kappa shape index (κ3) is 1.50. The summed E-state index contributed by atoms with van der Waals surface area (Å²) in [7, 11) is 0.